The van der Waals surface area contributed by atoms with Crippen molar-refractivity contribution in [3.05, 3.63) is 34.6 Å². The van der Waals surface area contributed by atoms with Crippen LogP contribution in [-0.2, 0) is 0 Å². The number of hydrogen-bond acceptors (Lipinski definition) is 2. The molecule has 0 aliphatic rings. The Labute approximate surface area is 114 Å². The lowest BCUT2D eigenvalue weighted by atomic mass is 10.0. The van der Waals surface area contributed by atoms with E-state index in [0.717, 1.165) is 13.0 Å². The minimum Gasteiger partial charge on any atom is -0.329 e. The van der Waals surface area contributed by atoms with Crippen molar-refractivity contribution in [2.75, 3.05) is 20.1 Å². The Morgan fingerprint density at radius 2 is 2.06 bits per heavy atom. The van der Waals surface area contributed by atoms with Crippen LogP contribution in [0.2, 0.25) is 5.02 Å². The van der Waals surface area contributed by atoms with Gasteiger partial charge in [0.1, 0.15) is 5.82 Å². The summed E-state index contributed by atoms with van der Waals surface area (Å²) in [4.78, 5) is 2.09. The number of hydrogen-bond donors (Lipinski definition) is 1. The van der Waals surface area contributed by atoms with E-state index in [2.05, 4.69) is 18.7 Å². The average molecular weight is 273 g/mol. The minimum atomic E-state index is -0.356. The monoisotopic (exact) mass is 272 g/mol. The third-order valence-corrected chi connectivity index (χ3v) is 3.45. The van der Waals surface area contributed by atoms with Crippen molar-refractivity contribution >= 4 is 11.6 Å². The summed E-state index contributed by atoms with van der Waals surface area (Å²) in [7, 11) is 1.97. The van der Waals surface area contributed by atoms with Gasteiger partial charge >= 0.3 is 0 Å². The van der Waals surface area contributed by atoms with Gasteiger partial charge in [-0.3, -0.25) is 4.90 Å². The summed E-state index contributed by atoms with van der Waals surface area (Å²) in [5.74, 6) is 0.265. The van der Waals surface area contributed by atoms with Crippen molar-refractivity contribution in [1.82, 2.24) is 4.90 Å². The van der Waals surface area contributed by atoms with Crippen molar-refractivity contribution in [2.45, 2.75) is 26.3 Å². The van der Waals surface area contributed by atoms with Crippen LogP contribution in [0, 0.1) is 11.7 Å². The fourth-order valence-corrected chi connectivity index (χ4v) is 2.12. The number of nitrogens with two attached hydrogens (primary N) is 1. The van der Waals surface area contributed by atoms with Gasteiger partial charge < -0.3 is 5.73 Å². The zero-order valence-corrected chi connectivity index (χ0v) is 12.0. The van der Waals surface area contributed by atoms with E-state index >= 15 is 0 Å². The first-order valence-corrected chi connectivity index (χ1v) is 6.69. The van der Waals surface area contributed by atoms with Crippen molar-refractivity contribution in [2.24, 2.45) is 11.7 Å². The highest BCUT2D eigenvalue weighted by Gasteiger charge is 2.20. The molecule has 0 radical (unpaired) electrons. The molecular weight excluding hydrogens is 251 g/mol. The highest BCUT2D eigenvalue weighted by Crippen LogP contribution is 2.26. The van der Waals surface area contributed by atoms with Crippen LogP contribution in [0.4, 0.5) is 4.39 Å². The highest BCUT2D eigenvalue weighted by molar-refractivity contribution is 6.30. The zero-order valence-electron chi connectivity index (χ0n) is 11.3. The first-order chi connectivity index (χ1) is 8.47. The van der Waals surface area contributed by atoms with Crippen LogP contribution in [0.3, 0.4) is 0 Å². The van der Waals surface area contributed by atoms with Crippen molar-refractivity contribution in [1.29, 1.82) is 0 Å². The van der Waals surface area contributed by atoms with E-state index in [1.165, 1.54) is 0 Å². The zero-order chi connectivity index (χ0) is 13.7. The second-order valence-corrected chi connectivity index (χ2v) is 5.46. The van der Waals surface area contributed by atoms with Crippen LogP contribution in [0.15, 0.2) is 18.2 Å². The maximum absolute atomic E-state index is 14.0. The van der Waals surface area contributed by atoms with Gasteiger partial charge in [-0.15, -0.1) is 0 Å². The lowest BCUT2D eigenvalue weighted by molar-refractivity contribution is 0.232. The van der Waals surface area contributed by atoms with E-state index in [9.17, 15) is 4.39 Å². The van der Waals surface area contributed by atoms with Crippen LogP contribution in [0.1, 0.15) is 31.9 Å². The molecule has 0 aromatic heterocycles. The van der Waals surface area contributed by atoms with Gasteiger partial charge in [-0.2, -0.15) is 0 Å². The third kappa shape index (κ3) is 3.94. The molecule has 4 heteroatoms. The molecule has 0 saturated carbocycles. The van der Waals surface area contributed by atoms with Gasteiger partial charge in [0.05, 0.1) is 5.02 Å². The van der Waals surface area contributed by atoms with E-state index in [1.54, 1.807) is 18.2 Å². The predicted octanol–water partition coefficient (Wildman–Crippen LogP) is 3.46. The maximum atomic E-state index is 14.0. The number of halogens is 2. The normalized spacial score (nSPS) is 13.3. The Morgan fingerprint density at radius 3 is 2.61 bits per heavy atom. The summed E-state index contributed by atoms with van der Waals surface area (Å²) in [5, 5.41) is 0.156. The summed E-state index contributed by atoms with van der Waals surface area (Å²) in [5.41, 5.74) is 6.36. The fraction of sp³-hybridized carbons (Fsp3) is 0.571. The molecule has 1 aromatic carbocycles. The molecule has 1 rings (SSSR count). The smallest absolute Gasteiger partial charge is 0.146 e. The Balaban J connectivity index is 2.85. The van der Waals surface area contributed by atoms with E-state index in [0.29, 0.717) is 18.0 Å². The second-order valence-electron chi connectivity index (χ2n) is 5.06. The van der Waals surface area contributed by atoms with E-state index < -0.39 is 0 Å². The van der Waals surface area contributed by atoms with Crippen molar-refractivity contribution in [3.63, 3.8) is 0 Å². The molecule has 0 aliphatic carbocycles. The van der Waals surface area contributed by atoms with Crippen molar-refractivity contribution in [3.8, 4) is 0 Å². The summed E-state index contributed by atoms with van der Waals surface area (Å²) in [6.45, 7) is 5.62. The molecule has 102 valence electrons. The second kappa shape index (κ2) is 7.07. The molecule has 1 aromatic rings. The van der Waals surface area contributed by atoms with Crippen molar-refractivity contribution < 1.29 is 4.39 Å². The van der Waals surface area contributed by atoms with E-state index in [1.807, 2.05) is 7.05 Å². The first-order valence-electron chi connectivity index (χ1n) is 6.31. The van der Waals surface area contributed by atoms with E-state index in [-0.39, 0.29) is 16.9 Å². The number of nitrogens with zero attached hydrogens (tertiary/aromatic N) is 1. The molecule has 2 N–H and O–H groups in total. The molecule has 0 heterocycles. The maximum Gasteiger partial charge on any atom is 0.146 e. The SMILES string of the molecule is CC(C)CCN(C)C(CN)c1cccc(Cl)c1F. The van der Waals surface area contributed by atoms with E-state index in [4.69, 9.17) is 17.3 Å². The summed E-state index contributed by atoms with van der Waals surface area (Å²) >= 11 is 5.81. The molecule has 0 bridgehead atoms. The fourth-order valence-electron chi connectivity index (χ4n) is 1.94. The molecule has 0 aliphatic heterocycles. The van der Waals surface area contributed by atoms with Crippen LogP contribution in [0.25, 0.3) is 0 Å². The van der Waals surface area contributed by atoms with Gasteiger partial charge in [0, 0.05) is 18.2 Å². The molecule has 0 saturated heterocycles. The largest absolute Gasteiger partial charge is 0.329 e. The molecule has 0 fully saturated rings. The van der Waals surface area contributed by atoms with Crippen LogP contribution in [-0.4, -0.2) is 25.0 Å². The molecule has 0 spiro atoms. The lowest BCUT2D eigenvalue weighted by Gasteiger charge is -2.28. The van der Waals surface area contributed by atoms with Gasteiger partial charge in [0.2, 0.25) is 0 Å². The summed E-state index contributed by atoms with van der Waals surface area (Å²) in [6.07, 6.45) is 1.06. The minimum absolute atomic E-state index is 0.123. The predicted molar refractivity (Wildman–Crippen MR) is 75.3 cm³/mol. The molecular formula is C14H22ClFN2. The van der Waals surface area contributed by atoms with Gasteiger partial charge in [-0.1, -0.05) is 37.6 Å². The quantitative estimate of drug-likeness (QED) is 0.859. The van der Waals surface area contributed by atoms with Crippen LogP contribution < -0.4 is 5.73 Å². The van der Waals surface area contributed by atoms with Gasteiger partial charge in [-0.25, -0.2) is 4.39 Å². The first kappa shape index (κ1) is 15.4. The average Bonchev–Trinajstić information content (AvgIpc) is 2.32. The standard InChI is InChI=1S/C14H22ClFN2/c1-10(2)7-8-18(3)13(9-17)11-5-4-6-12(15)14(11)16/h4-6,10,13H,7-9,17H2,1-3H3. The Morgan fingerprint density at radius 1 is 1.39 bits per heavy atom. The molecule has 2 nitrogen and oxygen atoms in total. The van der Waals surface area contributed by atoms with Gasteiger partial charge in [0.25, 0.3) is 0 Å². The van der Waals surface area contributed by atoms with Crippen LogP contribution >= 0.6 is 11.6 Å². The lowest BCUT2D eigenvalue weighted by Crippen LogP contribution is -2.32. The number of likely N-dealkylation sites (N-methyl/N-ethyl adjacent to an activating group) is 1. The topological polar surface area (TPSA) is 29.3 Å². The molecule has 1 unspecified atom stereocenters. The molecule has 0 amide bonds. The Hall–Kier alpha value is -0.640. The highest BCUT2D eigenvalue weighted by atomic mass is 35.5. The van der Waals surface area contributed by atoms with Gasteiger partial charge in [0.15, 0.2) is 0 Å². The number of rotatable bonds is 6. The molecule has 18 heavy (non-hydrogen) atoms. The van der Waals surface area contributed by atoms with Gasteiger partial charge in [-0.05, 0) is 32.0 Å². The Kier molecular flexibility index (Phi) is 6.06. The molecule has 1 atom stereocenters. The third-order valence-electron chi connectivity index (χ3n) is 3.15. The Bertz CT molecular complexity index is 382. The van der Waals surface area contributed by atoms with Crippen LogP contribution in [0.5, 0.6) is 0 Å². The summed E-state index contributed by atoms with van der Waals surface area (Å²) in [6, 6.07) is 4.95. The summed E-state index contributed by atoms with van der Waals surface area (Å²) < 4.78 is 14.0. The number of benzene rings is 1.